The number of halogens is 1. The number of anilines is 3. The number of benzene rings is 3. The lowest BCUT2D eigenvalue weighted by atomic mass is 10.0. The van der Waals surface area contributed by atoms with Gasteiger partial charge in [-0.05, 0) is 49.1 Å². The predicted molar refractivity (Wildman–Crippen MR) is 146 cm³/mol. The van der Waals surface area contributed by atoms with Gasteiger partial charge in [0.25, 0.3) is 5.56 Å². The molecule has 0 saturated heterocycles. The number of pyridine rings is 1. The number of hydrogen-bond acceptors (Lipinski definition) is 5. The van der Waals surface area contributed by atoms with Crippen LogP contribution < -0.4 is 21.5 Å². The Morgan fingerprint density at radius 2 is 1.70 bits per heavy atom. The van der Waals surface area contributed by atoms with Crippen LogP contribution in [0.25, 0.3) is 32.9 Å². The normalized spacial score (nSPS) is 11.2. The lowest BCUT2D eigenvalue weighted by Crippen LogP contribution is -2.25. The van der Waals surface area contributed by atoms with E-state index in [0.717, 1.165) is 10.8 Å². The van der Waals surface area contributed by atoms with Gasteiger partial charge in [0.15, 0.2) is 0 Å². The summed E-state index contributed by atoms with van der Waals surface area (Å²) in [6, 6.07) is 18.3. The molecule has 3 aromatic carbocycles. The second kappa shape index (κ2) is 9.69. The van der Waals surface area contributed by atoms with Gasteiger partial charge in [0, 0.05) is 35.6 Å². The summed E-state index contributed by atoms with van der Waals surface area (Å²) in [5, 5.41) is 10.7. The highest BCUT2D eigenvalue weighted by atomic mass is 19.1. The molecule has 37 heavy (non-hydrogen) atoms. The second-order valence-corrected chi connectivity index (χ2v) is 8.85. The van der Waals surface area contributed by atoms with Crippen molar-refractivity contribution in [3.63, 3.8) is 0 Å². The number of hydrogen-bond donors (Lipinski definition) is 3. The topological polar surface area (TPSA) is 101 Å². The van der Waals surface area contributed by atoms with E-state index in [4.69, 9.17) is 0 Å². The lowest BCUT2D eigenvalue weighted by molar-refractivity contribution is 0.262. The van der Waals surface area contributed by atoms with Crippen molar-refractivity contribution < 1.29 is 9.18 Å². The first-order valence-electron chi connectivity index (χ1n) is 11.8. The molecule has 0 aliphatic carbocycles. The standard InChI is InChI=1S/C28H25FN6O2/c1-16(2)35-25-19(15-31-27(30-3)34-25)13-21(26(35)36)18-11-12-22(29)24(14-18)33-28(37)32-23-10-6-8-17-7-4-5-9-20(17)23/h4-16H,1-3H3,(H,30,31,34)(H2,32,33,37). The van der Waals surface area contributed by atoms with E-state index >= 15 is 0 Å². The van der Waals surface area contributed by atoms with Gasteiger partial charge in [0.2, 0.25) is 5.95 Å². The average Bonchev–Trinajstić information content (AvgIpc) is 2.89. The fourth-order valence-electron chi connectivity index (χ4n) is 4.33. The molecule has 3 N–H and O–H groups in total. The van der Waals surface area contributed by atoms with Crippen molar-refractivity contribution in [1.29, 1.82) is 0 Å². The molecule has 5 rings (SSSR count). The number of fused-ring (bicyclic) bond motifs is 2. The first kappa shape index (κ1) is 23.9. The molecule has 0 aliphatic heterocycles. The molecule has 0 aliphatic rings. The van der Waals surface area contributed by atoms with Crippen molar-refractivity contribution in [3.05, 3.63) is 89.1 Å². The molecule has 186 valence electrons. The molecule has 2 heterocycles. The summed E-state index contributed by atoms with van der Waals surface area (Å²) < 4.78 is 16.3. The molecule has 0 atom stereocenters. The van der Waals surface area contributed by atoms with Gasteiger partial charge in [0.1, 0.15) is 11.5 Å². The Balaban J connectivity index is 1.51. The SMILES string of the molecule is CNc1ncc2cc(-c3ccc(F)c(NC(=O)Nc4cccc5ccccc45)c3)c(=O)n(C(C)C)c2n1. The number of urea groups is 1. The second-order valence-electron chi connectivity index (χ2n) is 8.85. The highest BCUT2D eigenvalue weighted by Crippen LogP contribution is 2.27. The Morgan fingerprint density at radius 3 is 2.49 bits per heavy atom. The van der Waals surface area contributed by atoms with Crippen LogP contribution in [-0.4, -0.2) is 27.6 Å². The maximum atomic E-state index is 14.7. The number of nitrogens with zero attached hydrogens (tertiary/aromatic N) is 3. The van der Waals surface area contributed by atoms with Crippen LogP contribution in [0.2, 0.25) is 0 Å². The van der Waals surface area contributed by atoms with E-state index in [0.29, 0.717) is 33.8 Å². The fraction of sp³-hybridized carbons (Fsp3) is 0.143. The summed E-state index contributed by atoms with van der Waals surface area (Å²) in [7, 11) is 1.71. The molecule has 5 aromatic rings. The van der Waals surface area contributed by atoms with E-state index in [1.165, 1.54) is 18.2 Å². The molecule has 8 nitrogen and oxygen atoms in total. The maximum absolute atomic E-state index is 14.7. The maximum Gasteiger partial charge on any atom is 0.323 e. The smallest absolute Gasteiger partial charge is 0.323 e. The molecule has 0 radical (unpaired) electrons. The van der Waals surface area contributed by atoms with Crippen molar-refractivity contribution in [1.82, 2.24) is 14.5 Å². The van der Waals surface area contributed by atoms with Crippen LogP contribution in [0.1, 0.15) is 19.9 Å². The minimum absolute atomic E-state index is 0.0485. The number of amides is 2. The van der Waals surface area contributed by atoms with Crippen LogP contribution in [0.5, 0.6) is 0 Å². The Bertz CT molecular complexity index is 1710. The summed E-state index contributed by atoms with van der Waals surface area (Å²) in [5.74, 6) is -0.219. The van der Waals surface area contributed by atoms with E-state index in [1.807, 2.05) is 50.2 Å². The lowest BCUT2D eigenvalue weighted by Gasteiger charge is -2.16. The number of rotatable bonds is 5. The first-order chi connectivity index (χ1) is 17.9. The van der Waals surface area contributed by atoms with Gasteiger partial charge in [0.05, 0.1) is 11.4 Å². The van der Waals surface area contributed by atoms with Gasteiger partial charge >= 0.3 is 6.03 Å². The zero-order valence-corrected chi connectivity index (χ0v) is 20.5. The van der Waals surface area contributed by atoms with E-state index in [1.54, 1.807) is 29.9 Å². The Hall–Kier alpha value is -4.79. The summed E-state index contributed by atoms with van der Waals surface area (Å²) in [5.41, 5.74) is 1.58. The highest BCUT2D eigenvalue weighted by molar-refractivity contribution is 6.06. The van der Waals surface area contributed by atoms with E-state index in [9.17, 15) is 14.0 Å². The van der Waals surface area contributed by atoms with Crippen molar-refractivity contribution in [3.8, 4) is 11.1 Å². The molecule has 2 amide bonds. The van der Waals surface area contributed by atoms with Crippen LogP contribution in [0.4, 0.5) is 26.5 Å². The molecule has 9 heteroatoms. The monoisotopic (exact) mass is 496 g/mol. The number of carbonyl (C=O) groups is 1. The molecule has 2 aromatic heterocycles. The van der Waals surface area contributed by atoms with Crippen molar-refractivity contribution in [2.24, 2.45) is 0 Å². The highest BCUT2D eigenvalue weighted by Gasteiger charge is 2.17. The van der Waals surface area contributed by atoms with E-state index < -0.39 is 11.8 Å². The molecule has 0 spiro atoms. The molecule has 0 unspecified atom stereocenters. The third-order valence-corrected chi connectivity index (χ3v) is 6.08. The van der Waals surface area contributed by atoms with E-state index in [2.05, 4.69) is 25.9 Å². The predicted octanol–water partition coefficient (Wildman–Crippen LogP) is 6.02. The van der Waals surface area contributed by atoms with Crippen LogP contribution in [0.3, 0.4) is 0 Å². The van der Waals surface area contributed by atoms with E-state index in [-0.39, 0.29) is 17.3 Å². The van der Waals surface area contributed by atoms with Gasteiger partial charge in [-0.3, -0.25) is 9.36 Å². The first-order valence-corrected chi connectivity index (χ1v) is 11.8. The van der Waals surface area contributed by atoms with Crippen LogP contribution in [0.15, 0.2) is 77.7 Å². The Labute approximate surface area is 212 Å². The quantitative estimate of drug-likeness (QED) is 0.276. The van der Waals surface area contributed by atoms with Gasteiger partial charge in [-0.2, -0.15) is 4.98 Å². The Morgan fingerprint density at radius 1 is 0.946 bits per heavy atom. The van der Waals surface area contributed by atoms with Crippen LogP contribution >= 0.6 is 0 Å². The third kappa shape index (κ3) is 4.58. The minimum atomic E-state index is -0.621. The number of carbonyl (C=O) groups excluding carboxylic acids is 1. The Kier molecular flexibility index (Phi) is 6.27. The zero-order valence-electron chi connectivity index (χ0n) is 20.5. The summed E-state index contributed by atoms with van der Waals surface area (Å²) in [6.45, 7) is 3.78. The average molecular weight is 497 g/mol. The number of nitrogens with one attached hydrogen (secondary N) is 3. The summed E-state index contributed by atoms with van der Waals surface area (Å²) >= 11 is 0. The van der Waals surface area contributed by atoms with Gasteiger partial charge in [-0.25, -0.2) is 14.2 Å². The molecular weight excluding hydrogens is 471 g/mol. The van der Waals surface area contributed by atoms with Crippen molar-refractivity contribution in [2.75, 3.05) is 23.0 Å². The molecule has 0 bridgehead atoms. The zero-order chi connectivity index (χ0) is 26.1. The number of aromatic nitrogens is 3. The van der Waals surface area contributed by atoms with Crippen LogP contribution in [0, 0.1) is 5.82 Å². The molecular formula is C28H25FN6O2. The largest absolute Gasteiger partial charge is 0.357 e. The summed E-state index contributed by atoms with van der Waals surface area (Å²) in [6.07, 6.45) is 1.64. The minimum Gasteiger partial charge on any atom is -0.357 e. The van der Waals surface area contributed by atoms with Gasteiger partial charge in [-0.1, -0.05) is 42.5 Å². The summed E-state index contributed by atoms with van der Waals surface area (Å²) in [4.78, 5) is 35.0. The molecule has 0 saturated carbocycles. The van der Waals surface area contributed by atoms with Crippen LogP contribution in [-0.2, 0) is 0 Å². The third-order valence-electron chi connectivity index (χ3n) is 6.08. The molecule has 0 fully saturated rings. The van der Waals surface area contributed by atoms with Crippen molar-refractivity contribution in [2.45, 2.75) is 19.9 Å². The fourth-order valence-corrected chi connectivity index (χ4v) is 4.33. The van der Waals surface area contributed by atoms with Gasteiger partial charge in [-0.15, -0.1) is 0 Å². The van der Waals surface area contributed by atoms with Crippen molar-refractivity contribution >= 4 is 45.2 Å². The van der Waals surface area contributed by atoms with Gasteiger partial charge < -0.3 is 16.0 Å².